The molecule has 3 nitrogen and oxygen atoms in total. The minimum atomic E-state index is -0.389. The molecule has 1 aromatic carbocycles. The first-order chi connectivity index (χ1) is 9.49. The molecule has 1 fully saturated rings. The zero-order valence-electron chi connectivity index (χ0n) is 11.5. The molecule has 0 saturated heterocycles. The quantitative estimate of drug-likeness (QED) is 0.912. The van der Waals surface area contributed by atoms with Gasteiger partial charge in [0.1, 0.15) is 23.2 Å². The predicted octanol–water partition coefficient (Wildman–Crippen LogP) is 4.38. The third kappa shape index (κ3) is 2.18. The summed E-state index contributed by atoms with van der Waals surface area (Å²) in [7, 11) is 0. The van der Waals surface area contributed by atoms with E-state index in [1.54, 1.807) is 12.1 Å². The van der Waals surface area contributed by atoms with E-state index in [0.29, 0.717) is 28.1 Å². The van der Waals surface area contributed by atoms with Crippen LogP contribution in [0.25, 0.3) is 11.3 Å². The summed E-state index contributed by atoms with van der Waals surface area (Å²) in [6.07, 6.45) is 2.23. The highest BCUT2D eigenvalue weighted by Gasteiger charge is 2.31. The molecule has 0 unspecified atom stereocenters. The largest absolute Gasteiger partial charge is 0.383 e. The predicted molar refractivity (Wildman–Crippen MR) is 79.4 cm³/mol. The van der Waals surface area contributed by atoms with E-state index in [1.165, 1.54) is 6.07 Å². The van der Waals surface area contributed by atoms with Gasteiger partial charge in [-0.15, -0.1) is 0 Å². The van der Waals surface area contributed by atoms with Crippen LogP contribution >= 0.6 is 11.6 Å². The average Bonchev–Trinajstić information content (AvgIpc) is 3.14. The van der Waals surface area contributed by atoms with Crippen molar-refractivity contribution in [2.45, 2.75) is 38.6 Å². The molecule has 0 atom stereocenters. The van der Waals surface area contributed by atoms with E-state index >= 15 is 0 Å². The van der Waals surface area contributed by atoms with Gasteiger partial charge in [0.05, 0.1) is 0 Å². The zero-order valence-corrected chi connectivity index (χ0v) is 12.3. The highest BCUT2D eigenvalue weighted by atomic mass is 35.5. The van der Waals surface area contributed by atoms with Crippen LogP contribution in [0.15, 0.2) is 18.2 Å². The van der Waals surface area contributed by atoms with Gasteiger partial charge in [0.25, 0.3) is 0 Å². The van der Waals surface area contributed by atoms with Crippen LogP contribution in [0.1, 0.15) is 44.5 Å². The highest BCUT2D eigenvalue weighted by molar-refractivity contribution is 6.30. The Hall–Kier alpha value is -1.55. The average molecular weight is 294 g/mol. The second-order valence-electron chi connectivity index (χ2n) is 5.58. The first-order valence-corrected chi connectivity index (χ1v) is 7.20. The van der Waals surface area contributed by atoms with Gasteiger partial charge in [-0.1, -0.05) is 25.4 Å². The van der Waals surface area contributed by atoms with Gasteiger partial charge in [-0.3, -0.25) is 0 Å². The summed E-state index contributed by atoms with van der Waals surface area (Å²) in [6.45, 7) is 4.14. The van der Waals surface area contributed by atoms with E-state index in [4.69, 9.17) is 17.3 Å². The fourth-order valence-electron chi connectivity index (χ4n) is 2.47. The van der Waals surface area contributed by atoms with Crippen LogP contribution in [-0.4, -0.2) is 9.55 Å². The summed E-state index contributed by atoms with van der Waals surface area (Å²) < 4.78 is 16.1. The lowest BCUT2D eigenvalue weighted by molar-refractivity contribution is 0.631. The van der Waals surface area contributed by atoms with Gasteiger partial charge in [0, 0.05) is 22.5 Å². The second-order valence-corrected chi connectivity index (χ2v) is 6.02. The van der Waals surface area contributed by atoms with Gasteiger partial charge in [-0.05, 0) is 31.0 Å². The topological polar surface area (TPSA) is 43.8 Å². The van der Waals surface area contributed by atoms with Gasteiger partial charge in [-0.25, -0.2) is 9.37 Å². The molecule has 20 heavy (non-hydrogen) atoms. The molecule has 5 heteroatoms. The van der Waals surface area contributed by atoms with Crippen LogP contribution < -0.4 is 5.73 Å². The first kappa shape index (κ1) is 13.4. The van der Waals surface area contributed by atoms with E-state index in [1.807, 2.05) is 0 Å². The Morgan fingerprint density at radius 3 is 2.65 bits per heavy atom. The lowest BCUT2D eigenvalue weighted by atomic mass is 10.1. The monoisotopic (exact) mass is 293 g/mol. The Kier molecular flexibility index (Phi) is 3.21. The Morgan fingerprint density at radius 1 is 1.40 bits per heavy atom. The van der Waals surface area contributed by atoms with Crippen molar-refractivity contribution in [1.82, 2.24) is 9.55 Å². The van der Waals surface area contributed by atoms with E-state index < -0.39 is 0 Å². The summed E-state index contributed by atoms with van der Waals surface area (Å²) in [6, 6.07) is 5.01. The number of rotatable bonds is 3. The van der Waals surface area contributed by atoms with Crippen LogP contribution in [0, 0.1) is 5.82 Å². The van der Waals surface area contributed by atoms with Gasteiger partial charge in [0.15, 0.2) is 0 Å². The maximum Gasteiger partial charge on any atom is 0.134 e. The molecule has 0 spiro atoms. The molecular weight excluding hydrogens is 277 g/mol. The van der Waals surface area contributed by atoms with Crippen LogP contribution in [0.3, 0.4) is 0 Å². The smallest absolute Gasteiger partial charge is 0.134 e. The van der Waals surface area contributed by atoms with Crippen LogP contribution in [-0.2, 0) is 0 Å². The van der Waals surface area contributed by atoms with Crippen molar-refractivity contribution in [3.63, 3.8) is 0 Å². The maximum absolute atomic E-state index is 14.1. The number of benzene rings is 1. The molecule has 0 bridgehead atoms. The van der Waals surface area contributed by atoms with Crippen LogP contribution in [0.4, 0.5) is 10.2 Å². The van der Waals surface area contributed by atoms with E-state index in [9.17, 15) is 4.39 Å². The Morgan fingerprint density at radius 2 is 2.10 bits per heavy atom. The Balaban J connectivity index is 2.16. The number of nitrogen functional groups attached to an aromatic ring is 1. The number of aromatic nitrogens is 2. The van der Waals surface area contributed by atoms with Gasteiger partial charge < -0.3 is 10.3 Å². The first-order valence-electron chi connectivity index (χ1n) is 6.82. The molecule has 106 valence electrons. The number of hydrogen-bond donors (Lipinski definition) is 1. The van der Waals surface area contributed by atoms with Crippen LogP contribution in [0.5, 0.6) is 0 Å². The number of imidazole rings is 1. The van der Waals surface area contributed by atoms with E-state index in [0.717, 1.165) is 18.7 Å². The third-order valence-electron chi connectivity index (χ3n) is 3.59. The molecule has 2 N–H and O–H groups in total. The van der Waals surface area contributed by atoms with Crippen molar-refractivity contribution >= 4 is 17.4 Å². The summed E-state index contributed by atoms with van der Waals surface area (Å²) in [5.74, 6) is 1.34. The molecular formula is C15H17ClFN3. The summed E-state index contributed by atoms with van der Waals surface area (Å²) in [4.78, 5) is 4.59. The Bertz CT molecular complexity index is 659. The fourth-order valence-corrected chi connectivity index (χ4v) is 2.63. The van der Waals surface area contributed by atoms with Crippen molar-refractivity contribution < 1.29 is 4.39 Å². The molecule has 1 saturated carbocycles. The highest BCUT2D eigenvalue weighted by Crippen LogP contribution is 2.42. The van der Waals surface area contributed by atoms with E-state index in [2.05, 4.69) is 23.4 Å². The molecule has 1 heterocycles. The van der Waals surface area contributed by atoms with Crippen molar-refractivity contribution in [2.75, 3.05) is 5.73 Å². The molecule has 2 aromatic rings. The van der Waals surface area contributed by atoms with Crippen molar-refractivity contribution in [3.8, 4) is 11.3 Å². The number of anilines is 1. The van der Waals surface area contributed by atoms with E-state index in [-0.39, 0.29) is 11.7 Å². The standard InChI is InChI=1S/C15H17ClFN3/c1-8(2)15-19-13(14(18)20(15)10-4-5-10)11-6-3-9(16)7-12(11)17/h3,6-8,10H,4-5,18H2,1-2H3. The van der Waals surface area contributed by atoms with Crippen molar-refractivity contribution in [2.24, 2.45) is 0 Å². The van der Waals surface area contributed by atoms with Gasteiger partial charge in [-0.2, -0.15) is 0 Å². The Labute approximate surface area is 122 Å². The number of nitrogens with zero attached hydrogens (tertiary/aromatic N) is 2. The number of hydrogen-bond acceptors (Lipinski definition) is 2. The van der Waals surface area contributed by atoms with Crippen molar-refractivity contribution in [3.05, 3.63) is 34.9 Å². The molecule has 0 amide bonds. The second kappa shape index (κ2) is 4.77. The fraction of sp³-hybridized carbons (Fsp3) is 0.400. The summed E-state index contributed by atoms with van der Waals surface area (Å²) in [5, 5.41) is 0.371. The van der Waals surface area contributed by atoms with Gasteiger partial charge >= 0.3 is 0 Å². The normalized spacial score (nSPS) is 15.1. The minimum Gasteiger partial charge on any atom is -0.383 e. The molecule has 3 rings (SSSR count). The summed E-state index contributed by atoms with van der Waals surface area (Å²) >= 11 is 5.79. The molecule has 1 aromatic heterocycles. The van der Waals surface area contributed by atoms with Gasteiger partial charge in [0.2, 0.25) is 0 Å². The zero-order chi connectivity index (χ0) is 14.4. The molecule has 1 aliphatic carbocycles. The SMILES string of the molecule is CC(C)c1nc(-c2ccc(Cl)cc2F)c(N)n1C1CC1. The number of nitrogens with two attached hydrogens (primary N) is 1. The lowest BCUT2D eigenvalue weighted by Crippen LogP contribution is -2.06. The lowest BCUT2D eigenvalue weighted by Gasteiger charge is -2.10. The third-order valence-corrected chi connectivity index (χ3v) is 3.83. The number of halogens is 2. The molecule has 1 aliphatic rings. The summed E-state index contributed by atoms with van der Waals surface area (Å²) in [5.41, 5.74) is 7.16. The van der Waals surface area contributed by atoms with Crippen molar-refractivity contribution in [1.29, 1.82) is 0 Å². The van der Waals surface area contributed by atoms with Crippen LogP contribution in [0.2, 0.25) is 5.02 Å². The molecule has 0 aliphatic heterocycles. The molecule has 0 radical (unpaired) electrons. The minimum absolute atomic E-state index is 0.252. The maximum atomic E-state index is 14.1.